The van der Waals surface area contributed by atoms with E-state index in [0.29, 0.717) is 6.61 Å². The molecule has 1 aromatic rings. The molecule has 0 aromatic carbocycles. The molecule has 0 atom stereocenters. The van der Waals surface area contributed by atoms with E-state index in [0.717, 1.165) is 25.7 Å². The molecule has 1 radical (unpaired) electrons. The van der Waals surface area contributed by atoms with Gasteiger partial charge in [0.05, 0.1) is 19.1 Å². The fourth-order valence-electron chi connectivity index (χ4n) is 1.16. The Hall–Kier alpha value is -1.25. The molecule has 1 heterocycles. The summed E-state index contributed by atoms with van der Waals surface area (Å²) in [7, 11) is 0. The second-order valence-electron chi connectivity index (χ2n) is 2.87. The van der Waals surface area contributed by atoms with Crippen molar-refractivity contribution in [3.8, 4) is 0 Å². The van der Waals surface area contributed by atoms with E-state index >= 15 is 0 Å². The second-order valence-corrected chi connectivity index (χ2v) is 2.87. The van der Waals surface area contributed by atoms with Crippen molar-refractivity contribution in [2.24, 2.45) is 0 Å². The first-order chi connectivity index (χ1) is 6.43. The maximum atomic E-state index is 9.66. The van der Waals surface area contributed by atoms with Crippen molar-refractivity contribution in [3.63, 3.8) is 0 Å². The zero-order valence-corrected chi connectivity index (χ0v) is 7.49. The molecule has 1 aromatic heterocycles. The Morgan fingerprint density at radius 2 is 2.31 bits per heavy atom. The summed E-state index contributed by atoms with van der Waals surface area (Å²) in [6, 6.07) is 1.97. The minimum Gasteiger partial charge on any atom is -0.472 e. The average molecular weight is 181 g/mol. The van der Waals surface area contributed by atoms with E-state index in [4.69, 9.17) is 4.42 Å². The lowest BCUT2D eigenvalue weighted by Crippen LogP contribution is -1.92. The van der Waals surface area contributed by atoms with Gasteiger partial charge in [0.25, 0.3) is 0 Å². The van der Waals surface area contributed by atoms with Gasteiger partial charge < -0.3 is 9.15 Å². The smallest absolute Gasteiger partial charge is 0.417 e. The van der Waals surface area contributed by atoms with Crippen LogP contribution in [0.5, 0.6) is 0 Å². The fourth-order valence-corrected chi connectivity index (χ4v) is 1.16. The number of hydrogen-bond donors (Lipinski definition) is 0. The molecule has 13 heavy (non-hydrogen) atoms. The van der Waals surface area contributed by atoms with Gasteiger partial charge in [-0.1, -0.05) is 0 Å². The lowest BCUT2D eigenvalue weighted by molar-refractivity contribution is 0.269. The highest BCUT2D eigenvalue weighted by Gasteiger charge is 1.94. The molecule has 3 heteroatoms. The van der Waals surface area contributed by atoms with Crippen LogP contribution in [0.15, 0.2) is 23.0 Å². The number of hydrogen-bond acceptors (Lipinski definition) is 3. The number of aryl methyl sites for hydroxylation is 1. The zero-order chi connectivity index (χ0) is 9.36. The molecule has 0 saturated heterocycles. The van der Waals surface area contributed by atoms with E-state index in [1.807, 2.05) is 6.07 Å². The Bertz CT molecular complexity index is 216. The van der Waals surface area contributed by atoms with Crippen molar-refractivity contribution in [2.45, 2.75) is 25.7 Å². The van der Waals surface area contributed by atoms with E-state index in [2.05, 4.69) is 4.74 Å². The van der Waals surface area contributed by atoms with Crippen molar-refractivity contribution < 1.29 is 13.9 Å². The molecule has 0 bridgehead atoms. The van der Waals surface area contributed by atoms with Crippen LogP contribution in [0.3, 0.4) is 0 Å². The standard InChI is InChI=1S/C10H13O3/c11-9-13-6-3-1-2-4-10-5-7-12-8-10/h5,7-8H,1-4,6H2. The van der Waals surface area contributed by atoms with E-state index in [1.54, 1.807) is 12.5 Å². The highest BCUT2D eigenvalue weighted by molar-refractivity contribution is 5.37. The summed E-state index contributed by atoms with van der Waals surface area (Å²) in [6.07, 6.45) is 7.54. The normalized spacial score (nSPS) is 9.85. The fraction of sp³-hybridized carbons (Fsp3) is 0.500. The molecule has 3 nitrogen and oxygen atoms in total. The molecule has 0 fully saturated rings. The van der Waals surface area contributed by atoms with Crippen LogP contribution in [-0.4, -0.2) is 13.1 Å². The van der Waals surface area contributed by atoms with Crippen molar-refractivity contribution >= 4 is 6.47 Å². The zero-order valence-electron chi connectivity index (χ0n) is 7.49. The lowest BCUT2D eigenvalue weighted by Gasteiger charge is -1.97. The summed E-state index contributed by atoms with van der Waals surface area (Å²) >= 11 is 0. The SMILES string of the molecule is O=[C]OCCCCCc1ccoc1. The maximum absolute atomic E-state index is 9.66. The third-order valence-corrected chi connectivity index (χ3v) is 1.85. The van der Waals surface area contributed by atoms with Gasteiger partial charge in [-0.3, -0.25) is 0 Å². The Morgan fingerprint density at radius 1 is 1.38 bits per heavy atom. The molecule has 0 amide bonds. The summed E-state index contributed by atoms with van der Waals surface area (Å²) in [4.78, 5) is 9.66. The minimum atomic E-state index is 0.481. The summed E-state index contributed by atoms with van der Waals surface area (Å²) in [5, 5.41) is 0. The van der Waals surface area contributed by atoms with Crippen LogP contribution in [-0.2, 0) is 16.0 Å². The highest BCUT2D eigenvalue weighted by atomic mass is 16.5. The van der Waals surface area contributed by atoms with Crippen molar-refractivity contribution in [1.82, 2.24) is 0 Å². The number of furan rings is 1. The van der Waals surface area contributed by atoms with Crippen LogP contribution in [0, 0.1) is 0 Å². The molecule has 1 rings (SSSR count). The van der Waals surface area contributed by atoms with Crippen LogP contribution in [0.4, 0.5) is 0 Å². The summed E-state index contributed by atoms with van der Waals surface area (Å²) in [6.45, 7) is 1.89. The van der Waals surface area contributed by atoms with Crippen molar-refractivity contribution in [1.29, 1.82) is 0 Å². The van der Waals surface area contributed by atoms with Crippen molar-refractivity contribution in [2.75, 3.05) is 6.61 Å². The first kappa shape index (κ1) is 9.84. The molecule has 71 valence electrons. The number of carbonyl (C=O) groups excluding carboxylic acids is 1. The van der Waals surface area contributed by atoms with Gasteiger partial charge in [0.15, 0.2) is 0 Å². The summed E-state index contributed by atoms with van der Waals surface area (Å²) in [5.74, 6) is 0. The Morgan fingerprint density at radius 3 is 3.00 bits per heavy atom. The Balaban J connectivity index is 1.93. The van der Waals surface area contributed by atoms with Gasteiger partial charge in [-0.25, -0.2) is 4.79 Å². The topological polar surface area (TPSA) is 39.4 Å². The van der Waals surface area contributed by atoms with Gasteiger partial charge in [0, 0.05) is 0 Å². The molecule has 0 spiro atoms. The van der Waals surface area contributed by atoms with Gasteiger partial charge in [-0.05, 0) is 37.3 Å². The average Bonchev–Trinajstić information content (AvgIpc) is 2.63. The van der Waals surface area contributed by atoms with E-state index in [9.17, 15) is 4.79 Å². The largest absolute Gasteiger partial charge is 0.472 e. The number of rotatable bonds is 7. The molecule has 0 aliphatic carbocycles. The third kappa shape index (κ3) is 4.35. The van der Waals surface area contributed by atoms with Crippen LogP contribution < -0.4 is 0 Å². The maximum Gasteiger partial charge on any atom is 0.417 e. The first-order valence-corrected chi connectivity index (χ1v) is 4.43. The molecular weight excluding hydrogens is 168 g/mol. The monoisotopic (exact) mass is 181 g/mol. The van der Waals surface area contributed by atoms with E-state index < -0.39 is 0 Å². The van der Waals surface area contributed by atoms with Crippen LogP contribution in [0.1, 0.15) is 24.8 Å². The molecule has 0 unspecified atom stereocenters. The van der Waals surface area contributed by atoms with E-state index in [1.165, 1.54) is 12.0 Å². The molecule has 0 N–H and O–H groups in total. The minimum absolute atomic E-state index is 0.481. The molecule has 0 aliphatic rings. The van der Waals surface area contributed by atoms with Gasteiger partial charge in [0.1, 0.15) is 0 Å². The summed E-state index contributed by atoms with van der Waals surface area (Å²) < 4.78 is 9.38. The van der Waals surface area contributed by atoms with E-state index in [-0.39, 0.29) is 0 Å². The van der Waals surface area contributed by atoms with Gasteiger partial charge >= 0.3 is 6.47 Å². The predicted octanol–water partition coefficient (Wildman–Crippen LogP) is 2.08. The molecular formula is C10H13O3. The van der Waals surface area contributed by atoms with Gasteiger partial charge in [-0.15, -0.1) is 0 Å². The lowest BCUT2D eigenvalue weighted by atomic mass is 10.1. The van der Waals surface area contributed by atoms with Crippen LogP contribution in [0.25, 0.3) is 0 Å². The van der Waals surface area contributed by atoms with Crippen molar-refractivity contribution in [3.05, 3.63) is 24.2 Å². The second kappa shape index (κ2) is 6.29. The quantitative estimate of drug-likeness (QED) is 0.604. The van der Waals surface area contributed by atoms with Crippen LogP contribution in [0.2, 0.25) is 0 Å². The third-order valence-electron chi connectivity index (χ3n) is 1.85. The number of ether oxygens (including phenoxy) is 1. The Labute approximate surface area is 77.7 Å². The first-order valence-electron chi connectivity index (χ1n) is 4.43. The molecule has 0 saturated carbocycles. The van der Waals surface area contributed by atoms with Crippen LogP contribution >= 0.6 is 0 Å². The van der Waals surface area contributed by atoms with Gasteiger partial charge in [-0.2, -0.15) is 0 Å². The predicted molar refractivity (Wildman–Crippen MR) is 47.9 cm³/mol. The molecule has 0 aliphatic heterocycles. The highest BCUT2D eigenvalue weighted by Crippen LogP contribution is 2.06. The number of unbranched alkanes of at least 4 members (excludes halogenated alkanes) is 2. The van der Waals surface area contributed by atoms with Gasteiger partial charge in [0.2, 0.25) is 0 Å². The summed E-state index contributed by atoms with van der Waals surface area (Å²) in [5.41, 5.74) is 1.22. The Kier molecular flexibility index (Phi) is 4.76.